The molecule has 0 saturated heterocycles. The van der Waals surface area contributed by atoms with Crippen molar-refractivity contribution in [3.05, 3.63) is 64.7 Å². The first-order chi connectivity index (χ1) is 13.3. The molecule has 3 nitrogen and oxygen atoms in total. The van der Waals surface area contributed by atoms with Crippen molar-refractivity contribution in [2.45, 2.75) is 30.9 Å². The summed E-state index contributed by atoms with van der Waals surface area (Å²) in [5.74, 6) is -1.25. The zero-order valence-corrected chi connectivity index (χ0v) is 17.7. The summed E-state index contributed by atoms with van der Waals surface area (Å²) in [6.07, 6.45) is -0.410. The maximum absolute atomic E-state index is 14.5. The van der Waals surface area contributed by atoms with Crippen LogP contribution in [-0.4, -0.2) is 30.7 Å². The molecule has 0 N–H and O–H groups in total. The molecule has 7 heteroatoms. The van der Waals surface area contributed by atoms with E-state index in [0.717, 1.165) is 17.0 Å². The summed E-state index contributed by atoms with van der Waals surface area (Å²) in [5.41, 5.74) is 0.242. The average molecular weight is 428 g/mol. The Hall–Kier alpha value is -1.79. The predicted molar refractivity (Wildman–Crippen MR) is 110 cm³/mol. The molecular formula is C21H24ClF2NO2S. The van der Waals surface area contributed by atoms with Gasteiger partial charge < -0.3 is 9.64 Å². The number of benzene rings is 2. The fraction of sp³-hybridized carbons (Fsp3) is 0.381. The molecule has 0 radical (unpaired) electrons. The third kappa shape index (κ3) is 6.11. The first-order valence-corrected chi connectivity index (χ1v) is 10.4. The summed E-state index contributed by atoms with van der Waals surface area (Å²) in [7, 11) is 0. The van der Waals surface area contributed by atoms with E-state index in [4.69, 9.17) is 16.3 Å². The van der Waals surface area contributed by atoms with Crippen molar-refractivity contribution in [2.24, 2.45) is 5.92 Å². The van der Waals surface area contributed by atoms with Crippen LogP contribution in [0.4, 0.5) is 13.6 Å². The van der Waals surface area contributed by atoms with Gasteiger partial charge in [-0.15, -0.1) is 11.8 Å². The van der Waals surface area contributed by atoms with Crippen LogP contribution in [0.3, 0.4) is 0 Å². The van der Waals surface area contributed by atoms with Crippen LogP contribution in [0.15, 0.2) is 47.4 Å². The first-order valence-electron chi connectivity index (χ1n) is 9.14. The zero-order valence-electron chi connectivity index (χ0n) is 16.1. The minimum atomic E-state index is -0.509. The Bertz CT molecular complexity index is 784. The molecule has 0 spiro atoms. The fourth-order valence-corrected chi connectivity index (χ4v) is 4.07. The summed E-state index contributed by atoms with van der Waals surface area (Å²) >= 11 is 7.32. The van der Waals surface area contributed by atoms with Gasteiger partial charge in [0.25, 0.3) is 0 Å². The van der Waals surface area contributed by atoms with Gasteiger partial charge in [0.15, 0.2) is 0 Å². The molecule has 2 rings (SSSR count). The molecule has 0 heterocycles. The number of hydrogen-bond acceptors (Lipinski definition) is 3. The fourth-order valence-electron chi connectivity index (χ4n) is 2.74. The van der Waals surface area contributed by atoms with Gasteiger partial charge in [0, 0.05) is 39.7 Å². The number of thioether (sulfide) groups is 1. The molecule has 0 bridgehead atoms. The van der Waals surface area contributed by atoms with Crippen molar-refractivity contribution in [3.8, 4) is 0 Å². The highest BCUT2D eigenvalue weighted by molar-refractivity contribution is 7.99. The van der Waals surface area contributed by atoms with E-state index in [-0.39, 0.29) is 18.1 Å². The highest BCUT2D eigenvalue weighted by atomic mass is 35.5. The van der Waals surface area contributed by atoms with Crippen LogP contribution >= 0.6 is 23.4 Å². The molecule has 2 unspecified atom stereocenters. The number of carbonyl (C=O) groups excluding carboxylic acids is 1. The Balaban J connectivity index is 2.23. The van der Waals surface area contributed by atoms with Crippen LogP contribution in [-0.2, 0) is 4.74 Å². The van der Waals surface area contributed by atoms with Gasteiger partial charge in [-0.05, 0) is 56.3 Å². The van der Waals surface area contributed by atoms with Gasteiger partial charge in [0.2, 0.25) is 0 Å². The van der Waals surface area contributed by atoms with E-state index in [9.17, 15) is 13.6 Å². The van der Waals surface area contributed by atoms with Crippen molar-refractivity contribution in [2.75, 3.05) is 19.7 Å². The van der Waals surface area contributed by atoms with E-state index in [1.807, 2.05) is 32.9 Å². The quantitative estimate of drug-likeness (QED) is 0.446. The third-order valence-electron chi connectivity index (χ3n) is 4.35. The first kappa shape index (κ1) is 22.5. The minimum absolute atomic E-state index is 0.0938. The molecule has 0 aromatic heterocycles. The van der Waals surface area contributed by atoms with Gasteiger partial charge in [-0.3, -0.25) is 0 Å². The van der Waals surface area contributed by atoms with Crippen LogP contribution in [0.1, 0.15) is 31.6 Å². The van der Waals surface area contributed by atoms with Crippen molar-refractivity contribution in [1.82, 2.24) is 4.90 Å². The highest BCUT2D eigenvalue weighted by Crippen LogP contribution is 2.42. The summed E-state index contributed by atoms with van der Waals surface area (Å²) < 4.78 is 33.7. The highest BCUT2D eigenvalue weighted by Gasteiger charge is 2.26. The second-order valence-electron chi connectivity index (χ2n) is 6.38. The van der Waals surface area contributed by atoms with E-state index < -0.39 is 23.0 Å². The molecule has 0 fully saturated rings. The molecule has 0 aliphatic heterocycles. The third-order valence-corrected chi connectivity index (χ3v) is 6.12. The van der Waals surface area contributed by atoms with Crippen molar-refractivity contribution < 1.29 is 18.3 Å². The Morgan fingerprint density at radius 3 is 2.39 bits per heavy atom. The number of amides is 1. The van der Waals surface area contributed by atoms with Crippen molar-refractivity contribution >= 4 is 29.5 Å². The van der Waals surface area contributed by atoms with E-state index in [0.29, 0.717) is 18.1 Å². The normalized spacial score (nSPS) is 13.1. The number of carbonyl (C=O) groups is 1. The summed E-state index contributed by atoms with van der Waals surface area (Å²) in [5, 5.41) is 0.153. The molecule has 0 aliphatic rings. The Labute approximate surface area is 174 Å². The molecule has 2 atom stereocenters. The molecule has 0 saturated carbocycles. The van der Waals surface area contributed by atoms with Gasteiger partial charge in [-0.2, -0.15) is 0 Å². The van der Waals surface area contributed by atoms with Gasteiger partial charge in [-0.1, -0.05) is 18.5 Å². The summed E-state index contributed by atoms with van der Waals surface area (Å²) in [6, 6.07) is 10.5. The second-order valence-corrected chi connectivity index (χ2v) is 8.04. The minimum Gasteiger partial charge on any atom is -0.449 e. The maximum Gasteiger partial charge on any atom is 0.409 e. The molecule has 28 heavy (non-hydrogen) atoms. The van der Waals surface area contributed by atoms with Gasteiger partial charge in [0.1, 0.15) is 11.6 Å². The SMILES string of the molecule is CCN(CC)C(=O)OCC(C)C(Sc1ccc(Cl)cc1)c1cc(F)ccc1F. The summed E-state index contributed by atoms with van der Waals surface area (Å²) in [6.45, 7) is 6.78. The van der Waals surface area contributed by atoms with E-state index in [1.165, 1.54) is 17.8 Å². The van der Waals surface area contributed by atoms with Gasteiger partial charge >= 0.3 is 6.09 Å². The number of rotatable bonds is 8. The van der Waals surface area contributed by atoms with Crippen LogP contribution < -0.4 is 0 Å². The second kappa shape index (κ2) is 10.7. The number of nitrogens with zero attached hydrogens (tertiary/aromatic N) is 1. The number of hydrogen-bond donors (Lipinski definition) is 0. The van der Waals surface area contributed by atoms with Crippen molar-refractivity contribution in [3.63, 3.8) is 0 Å². The Morgan fingerprint density at radius 2 is 1.79 bits per heavy atom. The van der Waals surface area contributed by atoms with Crippen LogP contribution in [0.2, 0.25) is 5.02 Å². The molecule has 0 aliphatic carbocycles. The average Bonchev–Trinajstić information content (AvgIpc) is 2.68. The lowest BCUT2D eigenvalue weighted by Crippen LogP contribution is -2.32. The van der Waals surface area contributed by atoms with Crippen molar-refractivity contribution in [1.29, 1.82) is 0 Å². The Kier molecular flexibility index (Phi) is 8.58. The molecule has 2 aromatic carbocycles. The van der Waals surface area contributed by atoms with E-state index in [1.54, 1.807) is 17.0 Å². The summed E-state index contributed by atoms with van der Waals surface area (Å²) in [4.78, 5) is 14.6. The maximum atomic E-state index is 14.5. The van der Waals surface area contributed by atoms with Crippen LogP contribution in [0.5, 0.6) is 0 Å². The molecule has 1 amide bonds. The largest absolute Gasteiger partial charge is 0.449 e. The van der Waals surface area contributed by atoms with Crippen LogP contribution in [0, 0.1) is 17.6 Å². The zero-order chi connectivity index (χ0) is 20.7. The number of ether oxygens (including phenoxy) is 1. The van der Waals surface area contributed by atoms with E-state index in [2.05, 4.69) is 0 Å². The topological polar surface area (TPSA) is 29.5 Å². The van der Waals surface area contributed by atoms with E-state index >= 15 is 0 Å². The standard InChI is InChI=1S/C21H24ClF2NO2S/c1-4-25(5-2)21(26)27-13-14(3)20(18-12-16(23)8-11-19(18)24)28-17-9-6-15(22)7-10-17/h6-12,14,20H,4-5,13H2,1-3H3. The lowest BCUT2D eigenvalue weighted by molar-refractivity contribution is 0.0926. The monoisotopic (exact) mass is 427 g/mol. The number of halogens is 3. The predicted octanol–water partition coefficient (Wildman–Crippen LogP) is 6.57. The van der Waals surface area contributed by atoms with Crippen LogP contribution in [0.25, 0.3) is 0 Å². The molecule has 152 valence electrons. The van der Waals surface area contributed by atoms with Gasteiger partial charge in [-0.25, -0.2) is 13.6 Å². The van der Waals surface area contributed by atoms with Gasteiger partial charge in [0.05, 0.1) is 6.61 Å². The lowest BCUT2D eigenvalue weighted by Gasteiger charge is -2.26. The molecule has 2 aromatic rings. The smallest absolute Gasteiger partial charge is 0.409 e. The Morgan fingerprint density at radius 1 is 1.14 bits per heavy atom. The lowest BCUT2D eigenvalue weighted by atomic mass is 10.0. The molecular weight excluding hydrogens is 404 g/mol.